The minimum atomic E-state index is 0.494. The number of hydrogen-bond acceptors (Lipinski definition) is 0. The van der Waals surface area contributed by atoms with Gasteiger partial charge in [-0.3, -0.25) is 0 Å². The van der Waals surface area contributed by atoms with E-state index in [1.165, 1.54) is 81.3 Å². The summed E-state index contributed by atoms with van der Waals surface area (Å²) in [7, 11) is 0. The molecule has 0 heteroatoms. The van der Waals surface area contributed by atoms with E-state index < -0.39 is 0 Å². The largest absolute Gasteiger partial charge is 0.0952 e. The molecule has 0 amide bonds. The van der Waals surface area contributed by atoms with Crippen LogP contribution < -0.4 is 0 Å². The van der Waals surface area contributed by atoms with E-state index in [1.54, 1.807) is 0 Å². The van der Waals surface area contributed by atoms with Gasteiger partial charge >= 0.3 is 0 Å². The van der Waals surface area contributed by atoms with Crippen LogP contribution in [-0.2, 0) is 6.42 Å². The molecule has 0 aromatic heterocycles. The summed E-state index contributed by atoms with van der Waals surface area (Å²) in [6, 6.07) is 20.6. The highest BCUT2D eigenvalue weighted by Gasteiger charge is 2.15. The lowest BCUT2D eigenvalue weighted by atomic mass is 9.84. The summed E-state index contributed by atoms with van der Waals surface area (Å²) < 4.78 is 0. The number of benzene rings is 3. The molecule has 0 saturated carbocycles. The zero-order valence-electron chi connectivity index (χ0n) is 23.3. The molecule has 0 aliphatic rings. The van der Waals surface area contributed by atoms with Gasteiger partial charge in [0, 0.05) is 0 Å². The fourth-order valence-corrected chi connectivity index (χ4v) is 5.76. The van der Waals surface area contributed by atoms with Crippen molar-refractivity contribution in [1.82, 2.24) is 0 Å². The molecule has 0 aliphatic heterocycles. The van der Waals surface area contributed by atoms with Crippen molar-refractivity contribution in [1.29, 1.82) is 0 Å². The van der Waals surface area contributed by atoms with Gasteiger partial charge < -0.3 is 0 Å². The predicted octanol–water partition coefficient (Wildman–Crippen LogP) is 10.6. The third-order valence-corrected chi connectivity index (χ3v) is 7.93. The van der Waals surface area contributed by atoms with E-state index in [9.17, 15) is 0 Å². The van der Waals surface area contributed by atoms with E-state index in [0.717, 1.165) is 18.8 Å². The minimum Gasteiger partial charge on any atom is -0.0952 e. The molecular weight excluding hydrogens is 420 g/mol. The van der Waals surface area contributed by atoms with Gasteiger partial charge in [-0.15, -0.1) is 0 Å². The third kappa shape index (κ3) is 6.75. The van der Waals surface area contributed by atoms with Gasteiger partial charge in [-0.05, 0) is 108 Å². The summed E-state index contributed by atoms with van der Waals surface area (Å²) in [5.74, 6) is 1.26. The van der Waals surface area contributed by atoms with Crippen LogP contribution in [-0.4, -0.2) is 0 Å². The third-order valence-electron chi connectivity index (χ3n) is 7.93. The summed E-state index contributed by atoms with van der Waals surface area (Å²) in [5.41, 5.74) is 13.8. The summed E-state index contributed by atoms with van der Waals surface area (Å²) in [6.07, 6.45) is 7.30. The molecule has 1 unspecified atom stereocenters. The Hall–Kier alpha value is -2.60. The van der Waals surface area contributed by atoms with E-state index in [0.29, 0.717) is 5.92 Å². The lowest BCUT2D eigenvalue weighted by Gasteiger charge is -2.21. The van der Waals surface area contributed by atoms with Crippen molar-refractivity contribution in [2.75, 3.05) is 0 Å². The molecule has 186 valence electrons. The summed E-state index contributed by atoms with van der Waals surface area (Å²) in [4.78, 5) is 0. The van der Waals surface area contributed by atoms with Gasteiger partial charge in [-0.25, -0.2) is 0 Å². The van der Waals surface area contributed by atoms with Crippen LogP contribution in [0, 0.1) is 33.6 Å². The van der Waals surface area contributed by atoms with Crippen LogP contribution in [0.1, 0.15) is 97.7 Å². The maximum absolute atomic E-state index is 4.44. The maximum Gasteiger partial charge on any atom is -0.0144 e. The van der Waals surface area contributed by atoms with E-state index >= 15 is 0 Å². The molecule has 1 atom stereocenters. The summed E-state index contributed by atoms with van der Waals surface area (Å²) in [6.45, 7) is 20.4. The fourth-order valence-electron chi connectivity index (χ4n) is 5.76. The first-order valence-electron chi connectivity index (χ1n) is 13.7. The molecule has 0 saturated heterocycles. The second-order valence-corrected chi connectivity index (χ2v) is 10.8. The predicted molar refractivity (Wildman–Crippen MR) is 156 cm³/mol. The number of allylic oxidation sites excluding steroid dienone is 1. The van der Waals surface area contributed by atoms with Crippen molar-refractivity contribution in [3.8, 4) is 11.1 Å². The minimum absolute atomic E-state index is 0.494. The van der Waals surface area contributed by atoms with Crippen molar-refractivity contribution in [3.05, 3.63) is 100 Å². The molecule has 3 aromatic rings. The maximum atomic E-state index is 4.44. The number of rotatable bonds is 11. The van der Waals surface area contributed by atoms with E-state index in [4.69, 9.17) is 0 Å². The lowest BCUT2D eigenvalue weighted by Crippen LogP contribution is -2.06. The molecule has 0 aliphatic carbocycles. The Morgan fingerprint density at radius 3 is 1.94 bits per heavy atom. The van der Waals surface area contributed by atoms with Gasteiger partial charge in [0.15, 0.2) is 0 Å². The Labute approximate surface area is 215 Å². The highest BCUT2D eigenvalue weighted by atomic mass is 14.2. The molecule has 35 heavy (non-hydrogen) atoms. The van der Waals surface area contributed by atoms with Crippen molar-refractivity contribution in [2.45, 2.75) is 92.9 Å². The van der Waals surface area contributed by atoms with Crippen LogP contribution in [0.5, 0.6) is 0 Å². The van der Waals surface area contributed by atoms with Gasteiger partial charge in [-0.2, -0.15) is 0 Å². The Bertz CT molecular complexity index is 1120. The fraction of sp³-hybridized carbons (Fsp3) is 0.429. The number of hydrogen-bond donors (Lipinski definition) is 0. The molecule has 0 radical (unpaired) electrons. The van der Waals surface area contributed by atoms with Crippen LogP contribution in [0.4, 0.5) is 0 Å². The Morgan fingerprint density at radius 2 is 1.31 bits per heavy atom. The molecule has 0 spiro atoms. The quantitative estimate of drug-likeness (QED) is 0.263. The second kappa shape index (κ2) is 12.4. The van der Waals surface area contributed by atoms with Crippen LogP contribution in [0.15, 0.2) is 61.2 Å². The van der Waals surface area contributed by atoms with Crippen molar-refractivity contribution >= 4 is 5.57 Å². The first-order valence-corrected chi connectivity index (χ1v) is 13.7. The van der Waals surface area contributed by atoms with E-state index in [1.807, 2.05) is 0 Å². The Morgan fingerprint density at radius 1 is 0.743 bits per heavy atom. The Kier molecular flexibility index (Phi) is 9.55. The molecule has 0 N–H and O–H groups in total. The standard InChI is InChI=1S/C35H46/c1-9-11-30(12-10-2)21-27(6)31-17-19-32(20-18-31)33-16-15-25(4)34(23-33)22-28(7)35-26(5)14-13-24(3)29(35)8/h13-20,23,28,30H,6,9-12,21-22H2,1-5,7-8H3. The zero-order chi connectivity index (χ0) is 25.5. The molecule has 0 heterocycles. The van der Waals surface area contributed by atoms with Crippen LogP contribution in [0.2, 0.25) is 0 Å². The summed E-state index contributed by atoms with van der Waals surface area (Å²) >= 11 is 0. The average Bonchev–Trinajstić information content (AvgIpc) is 2.83. The van der Waals surface area contributed by atoms with Crippen LogP contribution >= 0.6 is 0 Å². The van der Waals surface area contributed by atoms with Crippen molar-refractivity contribution in [2.24, 2.45) is 5.92 Å². The second-order valence-electron chi connectivity index (χ2n) is 10.8. The molecule has 3 aromatic carbocycles. The van der Waals surface area contributed by atoms with Crippen LogP contribution in [0.3, 0.4) is 0 Å². The molecule has 0 nitrogen and oxygen atoms in total. The zero-order valence-corrected chi connectivity index (χ0v) is 23.3. The van der Waals surface area contributed by atoms with E-state index in [-0.39, 0.29) is 0 Å². The normalized spacial score (nSPS) is 12.2. The first-order chi connectivity index (χ1) is 16.7. The molecular formula is C35H46. The highest BCUT2D eigenvalue weighted by molar-refractivity contribution is 5.70. The SMILES string of the molecule is C=C(CC(CCC)CCC)c1ccc(-c2ccc(C)c(CC(C)c3c(C)ccc(C)c3C)c2)cc1. The molecule has 0 bridgehead atoms. The smallest absolute Gasteiger partial charge is 0.0144 e. The van der Waals surface area contributed by atoms with E-state index in [2.05, 4.69) is 110 Å². The Balaban J connectivity index is 1.78. The monoisotopic (exact) mass is 466 g/mol. The van der Waals surface area contributed by atoms with Crippen molar-refractivity contribution < 1.29 is 0 Å². The average molecular weight is 467 g/mol. The topological polar surface area (TPSA) is 0 Å². The van der Waals surface area contributed by atoms with Gasteiger partial charge in [0.1, 0.15) is 0 Å². The van der Waals surface area contributed by atoms with Gasteiger partial charge in [-0.1, -0.05) is 108 Å². The van der Waals surface area contributed by atoms with Gasteiger partial charge in [0.2, 0.25) is 0 Å². The molecule has 3 rings (SSSR count). The molecule has 0 fully saturated rings. The van der Waals surface area contributed by atoms with Gasteiger partial charge in [0.05, 0.1) is 0 Å². The van der Waals surface area contributed by atoms with Crippen LogP contribution in [0.25, 0.3) is 16.7 Å². The van der Waals surface area contributed by atoms with Crippen molar-refractivity contribution in [3.63, 3.8) is 0 Å². The number of aryl methyl sites for hydroxylation is 3. The first kappa shape index (κ1) is 27.0. The van der Waals surface area contributed by atoms with Gasteiger partial charge in [0.25, 0.3) is 0 Å². The summed E-state index contributed by atoms with van der Waals surface area (Å²) in [5, 5.41) is 0. The highest BCUT2D eigenvalue weighted by Crippen LogP contribution is 2.32. The lowest BCUT2D eigenvalue weighted by molar-refractivity contribution is 0.450.